The number of amides is 2. The quantitative estimate of drug-likeness (QED) is 0.291. The van der Waals surface area contributed by atoms with Crippen molar-refractivity contribution in [1.29, 1.82) is 0 Å². The van der Waals surface area contributed by atoms with Crippen LogP contribution < -0.4 is 10.6 Å². The molecule has 4 heterocycles. The third kappa shape index (κ3) is 4.89. The van der Waals surface area contributed by atoms with Gasteiger partial charge in [0.15, 0.2) is 29.5 Å². The Hall–Kier alpha value is -4.43. The number of carbonyl (C=O) groups is 2. The van der Waals surface area contributed by atoms with Crippen molar-refractivity contribution in [1.82, 2.24) is 24.8 Å². The fourth-order valence-corrected chi connectivity index (χ4v) is 5.34. The molecule has 6 rings (SSSR count). The van der Waals surface area contributed by atoms with Gasteiger partial charge in [0.05, 0.1) is 11.9 Å². The molecular formula is C28H28N6O7. The fourth-order valence-electron chi connectivity index (χ4n) is 5.34. The van der Waals surface area contributed by atoms with E-state index in [2.05, 4.69) is 25.6 Å². The Bertz CT molecular complexity index is 1560. The number of aromatic nitrogens is 4. The summed E-state index contributed by atoms with van der Waals surface area (Å²) >= 11 is 0. The summed E-state index contributed by atoms with van der Waals surface area (Å²) in [6, 6.07) is 15.7. The van der Waals surface area contributed by atoms with E-state index in [1.54, 1.807) is 29.1 Å². The van der Waals surface area contributed by atoms with Gasteiger partial charge in [-0.05, 0) is 18.6 Å². The Morgan fingerprint density at radius 3 is 2.54 bits per heavy atom. The van der Waals surface area contributed by atoms with E-state index in [-0.39, 0.29) is 11.4 Å². The Morgan fingerprint density at radius 1 is 1.02 bits per heavy atom. The first-order valence-electron chi connectivity index (χ1n) is 13.1. The molecule has 2 aliphatic heterocycles. The van der Waals surface area contributed by atoms with E-state index >= 15 is 0 Å². The molecule has 2 saturated heterocycles. The molecule has 0 bridgehead atoms. The first kappa shape index (κ1) is 26.8. The molecule has 2 amide bonds. The molecular weight excluding hydrogens is 532 g/mol. The number of carboxylic acids is 1. The predicted molar refractivity (Wildman–Crippen MR) is 144 cm³/mol. The van der Waals surface area contributed by atoms with Crippen LogP contribution in [0.3, 0.4) is 0 Å². The van der Waals surface area contributed by atoms with Gasteiger partial charge in [-0.3, -0.25) is 9.88 Å². The minimum Gasteiger partial charge on any atom is -0.478 e. The molecule has 212 valence electrons. The molecule has 2 aromatic carbocycles. The highest BCUT2D eigenvalue weighted by molar-refractivity contribution is 5.95. The predicted octanol–water partition coefficient (Wildman–Crippen LogP) is 3.43. The molecule has 0 radical (unpaired) electrons. The monoisotopic (exact) mass is 560 g/mol. The SMILES string of the molecule is CCNC(=O)Nc1ncnc2c1ncn2C1OC(C(OC)c2ccccc2C(=O)O)C2OC(c3ccccc3)OC21. The molecule has 3 N–H and O–H groups in total. The molecule has 13 nitrogen and oxygen atoms in total. The maximum absolute atomic E-state index is 12.2. The lowest BCUT2D eigenvalue weighted by molar-refractivity contribution is -0.170. The first-order valence-corrected chi connectivity index (χ1v) is 13.1. The molecule has 4 aromatic rings. The zero-order chi connectivity index (χ0) is 28.5. The lowest BCUT2D eigenvalue weighted by Crippen LogP contribution is -2.34. The van der Waals surface area contributed by atoms with Gasteiger partial charge in [0.1, 0.15) is 30.7 Å². The highest BCUT2D eigenvalue weighted by Gasteiger charge is 2.57. The fraction of sp³-hybridized carbons (Fsp3) is 0.321. The number of nitrogens with zero attached hydrogens (tertiary/aromatic N) is 4. The molecule has 0 spiro atoms. The minimum absolute atomic E-state index is 0.100. The number of rotatable bonds is 8. The van der Waals surface area contributed by atoms with Gasteiger partial charge in [-0.1, -0.05) is 48.5 Å². The maximum atomic E-state index is 12.2. The molecule has 2 fully saturated rings. The second-order valence-electron chi connectivity index (χ2n) is 9.51. The van der Waals surface area contributed by atoms with Crippen molar-refractivity contribution in [3.8, 4) is 0 Å². The van der Waals surface area contributed by atoms with Gasteiger partial charge in [-0.25, -0.2) is 24.5 Å². The number of fused-ring (bicyclic) bond motifs is 2. The Kier molecular flexibility index (Phi) is 7.32. The van der Waals surface area contributed by atoms with Crippen LogP contribution in [-0.4, -0.2) is 68.6 Å². The summed E-state index contributed by atoms with van der Waals surface area (Å²) in [5.74, 6) is -0.842. The molecule has 41 heavy (non-hydrogen) atoms. The van der Waals surface area contributed by atoms with Gasteiger partial charge in [-0.15, -0.1) is 0 Å². The molecule has 2 aromatic heterocycles. The third-order valence-corrected chi connectivity index (χ3v) is 7.11. The van der Waals surface area contributed by atoms with Crippen LogP contribution in [0.15, 0.2) is 67.3 Å². The Balaban J connectivity index is 1.40. The largest absolute Gasteiger partial charge is 0.478 e. The Labute approximate surface area is 234 Å². The molecule has 6 atom stereocenters. The van der Waals surface area contributed by atoms with E-state index in [0.29, 0.717) is 23.3 Å². The molecule has 0 saturated carbocycles. The summed E-state index contributed by atoms with van der Waals surface area (Å²) in [6.45, 7) is 2.25. The first-order chi connectivity index (χ1) is 20.0. The topological polar surface area (TPSA) is 159 Å². The summed E-state index contributed by atoms with van der Waals surface area (Å²) in [4.78, 5) is 37.3. The van der Waals surface area contributed by atoms with E-state index in [1.807, 2.05) is 37.3 Å². The molecule has 2 aliphatic rings. The van der Waals surface area contributed by atoms with E-state index in [9.17, 15) is 14.7 Å². The number of imidazole rings is 1. The molecule has 6 unspecified atom stereocenters. The van der Waals surface area contributed by atoms with Gasteiger partial charge >= 0.3 is 12.0 Å². The molecule has 0 aliphatic carbocycles. The van der Waals surface area contributed by atoms with Crippen LogP contribution in [0.1, 0.15) is 47.0 Å². The van der Waals surface area contributed by atoms with E-state index in [0.717, 1.165) is 5.56 Å². The Morgan fingerprint density at radius 2 is 1.78 bits per heavy atom. The summed E-state index contributed by atoms with van der Waals surface area (Å²) in [5, 5.41) is 15.2. The number of aromatic carboxylic acids is 1. The van der Waals surface area contributed by atoms with Crippen molar-refractivity contribution in [2.24, 2.45) is 0 Å². The average Bonchev–Trinajstić information content (AvgIpc) is 3.69. The standard InChI is InChI=1S/C28H28N6O7/c1-3-29-28(37)33-23-18-24(31-13-30-23)34(14-32-18)25-22-21(40-27(41-22)15-9-5-4-6-10-15)20(39-25)19(38-2)16-11-7-8-12-17(16)26(35)36/h4-14,19-22,25,27H,3H2,1-2H3,(H,35,36)(H2,29,30,31,33,37). The number of hydrogen-bond donors (Lipinski definition) is 3. The number of nitrogens with one attached hydrogen (secondary N) is 2. The van der Waals surface area contributed by atoms with Crippen LogP contribution in [0.2, 0.25) is 0 Å². The summed E-state index contributed by atoms with van der Waals surface area (Å²) in [6.07, 6.45) is -1.41. The number of urea groups is 1. The number of carbonyl (C=O) groups excluding carboxylic acids is 1. The van der Waals surface area contributed by atoms with Crippen LogP contribution in [-0.2, 0) is 18.9 Å². The second-order valence-corrected chi connectivity index (χ2v) is 9.51. The van der Waals surface area contributed by atoms with Crippen molar-refractivity contribution >= 4 is 29.0 Å². The van der Waals surface area contributed by atoms with Crippen molar-refractivity contribution in [2.45, 2.75) is 43.9 Å². The molecule has 13 heteroatoms. The number of anilines is 1. The van der Waals surface area contributed by atoms with Crippen molar-refractivity contribution in [3.63, 3.8) is 0 Å². The van der Waals surface area contributed by atoms with Gasteiger partial charge in [0.2, 0.25) is 0 Å². The van der Waals surface area contributed by atoms with Crippen LogP contribution in [0.4, 0.5) is 10.6 Å². The van der Waals surface area contributed by atoms with Crippen LogP contribution in [0.25, 0.3) is 11.2 Å². The van der Waals surface area contributed by atoms with Crippen molar-refractivity contribution in [3.05, 3.63) is 83.9 Å². The van der Waals surface area contributed by atoms with Crippen LogP contribution >= 0.6 is 0 Å². The highest BCUT2D eigenvalue weighted by atomic mass is 16.8. The summed E-state index contributed by atoms with van der Waals surface area (Å²) in [7, 11) is 1.50. The smallest absolute Gasteiger partial charge is 0.336 e. The number of benzene rings is 2. The van der Waals surface area contributed by atoms with Gasteiger partial charge in [-0.2, -0.15) is 0 Å². The van der Waals surface area contributed by atoms with E-state index in [1.165, 1.54) is 19.5 Å². The van der Waals surface area contributed by atoms with Gasteiger partial charge in [0.25, 0.3) is 0 Å². The number of methoxy groups -OCH3 is 1. The van der Waals surface area contributed by atoms with Crippen LogP contribution in [0, 0.1) is 0 Å². The zero-order valence-corrected chi connectivity index (χ0v) is 22.2. The number of hydrogen-bond acceptors (Lipinski definition) is 9. The zero-order valence-electron chi connectivity index (χ0n) is 22.2. The summed E-state index contributed by atoms with van der Waals surface area (Å²) in [5.41, 5.74) is 2.14. The van der Waals surface area contributed by atoms with E-state index in [4.69, 9.17) is 18.9 Å². The third-order valence-electron chi connectivity index (χ3n) is 7.11. The van der Waals surface area contributed by atoms with Crippen molar-refractivity contribution in [2.75, 3.05) is 19.0 Å². The van der Waals surface area contributed by atoms with Crippen molar-refractivity contribution < 1.29 is 33.6 Å². The lowest BCUT2D eigenvalue weighted by atomic mass is 9.95. The minimum atomic E-state index is -1.08. The van der Waals surface area contributed by atoms with Crippen LogP contribution in [0.5, 0.6) is 0 Å². The second kappa shape index (κ2) is 11.2. The van der Waals surface area contributed by atoms with E-state index < -0.39 is 48.9 Å². The normalized spacial score (nSPS) is 24.2. The number of ether oxygens (including phenoxy) is 4. The maximum Gasteiger partial charge on any atom is 0.336 e. The average molecular weight is 561 g/mol. The lowest BCUT2D eigenvalue weighted by Gasteiger charge is -2.27. The summed E-state index contributed by atoms with van der Waals surface area (Å²) < 4.78 is 27.0. The number of carboxylic acid groups (broad SMARTS) is 1. The van der Waals surface area contributed by atoms with Gasteiger partial charge in [0, 0.05) is 19.2 Å². The van der Waals surface area contributed by atoms with Gasteiger partial charge < -0.3 is 29.4 Å². The highest BCUT2D eigenvalue weighted by Crippen LogP contribution is 2.48.